The van der Waals surface area contributed by atoms with Gasteiger partial charge >= 0.3 is 0 Å². The minimum absolute atomic E-state index is 0.0463. The zero-order chi connectivity index (χ0) is 14.4. The van der Waals surface area contributed by atoms with Crippen LogP contribution in [0.4, 0.5) is 0 Å². The van der Waals surface area contributed by atoms with E-state index in [4.69, 9.17) is 23.2 Å². The topological polar surface area (TPSA) is 58.2 Å². The average Bonchev–Trinajstić information content (AvgIpc) is 2.36. The molecule has 0 aromatic heterocycles. The molecule has 4 nitrogen and oxygen atoms in total. The molecule has 6 heteroatoms. The number of rotatable bonds is 5. The van der Waals surface area contributed by atoms with Gasteiger partial charge in [-0.15, -0.1) is 0 Å². The highest BCUT2D eigenvalue weighted by molar-refractivity contribution is 6.35. The largest absolute Gasteiger partial charge is 0.354 e. The Morgan fingerprint density at radius 3 is 2.42 bits per heavy atom. The SMILES string of the molecule is CC(C)C(=O)NCCNC(=O)c1cc(Cl)ccc1Cl. The number of benzene rings is 1. The second-order valence-electron chi connectivity index (χ2n) is 4.33. The Bertz CT molecular complexity index is 476. The van der Waals surface area contributed by atoms with Crippen LogP contribution in [-0.2, 0) is 4.79 Å². The van der Waals surface area contributed by atoms with Gasteiger partial charge < -0.3 is 10.6 Å². The van der Waals surface area contributed by atoms with Gasteiger partial charge in [-0.3, -0.25) is 9.59 Å². The zero-order valence-electron chi connectivity index (χ0n) is 10.8. The van der Waals surface area contributed by atoms with E-state index in [0.29, 0.717) is 28.7 Å². The van der Waals surface area contributed by atoms with Gasteiger partial charge in [-0.25, -0.2) is 0 Å². The highest BCUT2D eigenvalue weighted by Crippen LogP contribution is 2.20. The van der Waals surface area contributed by atoms with E-state index in [2.05, 4.69) is 10.6 Å². The van der Waals surface area contributed by atoms with E-state index in [1.807, 2.05) is 0 Å². The third-order valence-electron chi connectivity index (χ3n) is 2.41. The monoisotopic (exact) mass is 302 g/mol. The van der Waals surface area contributed by atoms with Crippen LogP contribution in [0.2, 0.25) is 10.0 Å². The van der Waals surface area contributed by atoms with Crippen LogP contribution in [-0.4, -0.2) is 24.9 Å². The fourth-order valence-corrected chi connectivity index (χ4v) is 1.71. The van der Waals surface area contributed by atoms with Crippen molar-refractivity contribution in [2.75, 3.05) is 13.1 Å². The lowest BCUT2D eigenvalue weighted by molar-refractivity contribution is -0.123. The van der Waals surface area contributed by atoms with Gasteiger partial charge in [-0.2, -0.15) is 0 Å². The molecule has 0 radical (unpaired) electrons. The van der Waals surface area contributed by atoms with E-state index >= 15 is 0 Å². The average molecular weight is 303 g/mol. The molecule has 1 rings (SSSR count). The van der Waals surface area contributed by atoms with Gasteiger partial charge in [0.25, 0.3) is 5.91 Å². The molecule has 1 aromatic carbocycles. The first-order chi connectivity index (χ1) is 8.91. The van der Waals surface area contributed by atoms with E-state index < -0.39 is 0 Å². The molecule has 0 unspecified atom stereocenters. The van der Waals surface area contributed by atoms with Crippen LogP contribution < -0.4 is 10.6 Å². The van der Waals surface area contributed by atoms with Crippen LogP contribution in [0.3, 0.4) is 0 Å². The fourth-order valence-electron chi connectivity index (χ4n) is 1.33. The van der Waals surface area contributed by atoms with Crippen LogP contribution in [0.1, 0.15) is 24.2 Å². The molecule has 0 heterocycles. The van der Waals surface area contributed by atoms with E-state index in [1.165, 1.54) is 6.07 Å². The smallest absolute Gasteiger partial charge is 0.252 e. The molecule has 0 spiro atoms. The second kappa shape index (κ2) is 7.36. The van der Waals surface area contributed by atoms with E-state index in [0.717, 1.165) is 0 Å². The van der Waals surface area contributed by atoms with Crippen LogP contribution >= 0.6 is 23.2 Å². The van der Waals surface area contributed by atoms with Crippen molar-refractivity contribution in [1.29, 1.82) is 0 Å². The Morgan fingerprint density at radius 2 is 1.79 bits per heavy atom. The molecular formula is C13H16Cl2N2O2. The minimum Gasteiger partial charge on any atom is -0.354 e. The van der Waals surface area contributed by atoms with E-state index in [-0.39, 0.29) is 17.7 Å². The summed E-state index contributed by atoms with van der Waals surface area (Å²) in [7, 11) is 0. The number of carbonyl (C=O) groups is 2. The summed E-state index contributed by atoms with van der Waals surface area (Å²) in [6, 6.07) is 4.69. The summed E-state index contributed by atoms with van der Waals surface area (Å²) in [6.45, 7) is 4.32. The van der Waals surface area contributed by atoms with E-state index in [9.17, 15) is 9.59 Å². The molecule has 19 heavy (non-hydrogen) atoms. The quantitative estimate of drug-likeness (QED) is 0.821. The fraction of sp³-hybridized carbons (Fsp3) is 0.385. The van der Waals surface area contributed by atoms with Crippen molar-refractivity contribution >= 4 is 35.0 Å². The summed E-state index contributed by atoms with van der Waals surface area (Å²) in [4.78, 5) is 23.1. The Balaban J connectivity index is 2.44. The maximum Gasteiger partial charge on any atom is 0.252 e. The predicted molar refractivity (Wildman–Crippen MR) is 76.6 cm³/mol. The molecule has 1 aromatic rings. The summed E-state index contributed by atoms with van der Waals surface area (Å²) in [6.07, 6.45) is 0. The lowest BCUT2D eigenvalue weighted by atomic mass is 10.2. The first-order valence-electron chi connectivity index (χ1n) is 5.92. The third kappa shape index (κ3) is 5.09. The maximum absolute atomic E-state index is 11.8. The number of halogens is 2. The number of hydrogen-bond acceptors (Lipinski definition) is 2. The van der Waals surface area contributed by atoms with Crippen molar-refractivity contribution in [2.45, 2.75) is 13.8 Å². The van der Waals surface area contributed by atoms with Gasteiger partial charge in [0, 0.05) is 24.0 Å². The van der Waals surface area contributed by atoms with Crippen molar-refractivity contribution in [3.8, 4) is 0 Å². The van der Waals surface area contributed by atoms with Gasteiger partial charge in [0.2, 0.25) is 5.91 Å². The van der Waals surface area contributed by atoms with Crippen molar-refractivity contribution < 1.29 is 9.59 Å². The predicted octanol–water partition coefficient (Wildman–Crippen LogP) is 2.50. The van der Waals surface area contributed by atoms with Gasteiger partial charge in [-0.05, 0) is 18.2 Å². The van der Waals surface area contributed by atoms with Gasteiger partial charge in [0.15, 0.2) is 0 Å². The highest BCUT2D eigenvalue weighted by Gasteiger charge is 2.11. The number of amides is 2. The van der Waals surface area contributed by atoms with Gasteiger partial charge in [0.1, 0.15) is 0 Å². The number of carbonyl (C=O) groups excluding carboxylic acids is 2. The molecule has 0 atom stereocenters. The highest BCUT2D eigenvalue weighted by atomic mass is 35.5. The summed E-state index contributed by atoms with van der Waals surface area (Å²) in [5.41, 5.74) is 0.323. The van der Waals surface area contributed by atoms with Gasteiger partial charge in [0.05, 0.1) is 10.6 Å². The molecule has 0 aliphatic rings. The Kier molecular flexibility index (Phi) is 6.12. The Labute approximate surface area is 122 Å². The van der Waals surface area contributed by atoms with E-state index in [1.54, 1.807) is 26.0 Å². The van der Waals surface area contributed by atoms with Crippen molar-refractivity contribution in [3.05, 3.63) is 33.8 Å². The molecule has 0 saturated carbocycles. The normalized spacial score (nSPS) is 10.4. The van der Waals surface area contributed by atoms with Crippen LogP contribution in [0.15, 0.2) is 18.2 Å². The van der Waals surface area contributed by atoms with Crippen molar-refractivity contribution in [3.63, 3.8) is 0 Å². The summed E-state index contributed by atoms with van der Waals surface area (Å²) in [5, 5.41) is 6.15. The van der Waals surface area contributed by atoms with Gasteiger partial charge in [-0.1, -0.05) is 37.0 Å². The Morgan fingerprint density at radius 1 is 1.16 bits per heavy atom. The lowest BCUT2D eigenvalue weighted by Crippen LogP contribution is -2.36. The molecule has 0 bridgehead atoms. The van der Waals surface area contributed by atoms with Crippen molar-refractivity contribution in [2.24, 2.45) is 5.92 Å². The second-order valence-corrected chi connectivity index (χ2v) is 5.17. The van der Waals surface area contributed by atoms with Crippen molar-refractivity contribution in [1.82, 2.24) is 10.6 Å². The lowest BCUT2D eigenvalue weighted by Gasteiger charge is -2.09. The summed E-state index contributed by atoms with van der Waals surface area (Å²) >= 11 is 11.7. The molecular weight excluding hydrogens is 287 g/mol. The molecule has 0 aliphatic heterocycles. The first kappa shape index (κ1) is 15.8. The van der Waals surface area contributed by atoms with Crippen LogP contribution in [0, 0.1) is 5.92 Å². The third-order valence-corrected chi connectivity index (χ3v) is 2.97. The number of nitrogens with one attached hydrogen (secondary N) is 2. The summed E-state index contributed by atoms with van der Waals surface area (Å²) < 4.78 is 0. The molecule has 2 amide bonds. The zero-order valence-corrected chi connectivity index (χ0v) is 12.3. The van der Waals surface area contributed by atoms with Crippen LogP contribution in [0.5, 0.6) is 0 Å². The minimum atomic E-state index is -0.314. The number of hydrogen-bond donors (Lipinski definition) is 2. The molecule has 0 aliphatic carbocycles. The molecule has 104 valence electrons. The molecule has 0 saturated heterocycles. The standard InChI is InChI=1S/C13H16Cl2N2O2/c1-8(2)12(18)16-5-6-17-13(19)10-7-9(14)3-4-11(10)15/h3-4,7-8H,5-6H2,1-2H3,(H,16,18)(H,17,19). The molecule has 2 N–H and O–H groups in total. The first-order valence-corrected chi connectivity index (χ1v) is 6.68. The maximum atomic E-state index is 11.8. The molecule has 0 fully saturated rings. The Hall–Kier alpha value is -1.26. The van der Waals surface area contributed by atoms with Crippen LogP contribution in [0.25, 0.3) is 0 Å². The summed E-state index contributed by atoms with van der Waals surface area (Å²) in [5.74, 6) is -0.431.